The number of esters is 1. The summed E-state index contributed by atoms with van der Waals surface area (Å²) in [7, 11) is 1.39. The number of hydrogen-bond donors (Lipinski definition) is 0. The van der Waals surface area contributed by atoms with Crippen LogP contribution < -0.4 is 0 Å². The molecule has 0 saturated heterocycles. The van der Waals surface area contributed by atoms with E-state index in [1.807, 2.05) is 0 Å². The highest BCUT2D eigenvalue weighted by Crippen LogP contribution is 2.46. The summed E-state index contributed by atoms with van der Waals surface area (Å²) in [5, 5.41) is 0. The van der Waals surface area contributed by atoms with Gasteiger partial charge in [-0.25, -0.2) is 4.79 Å². The minimum absolute atomic E-state index is 0.334. The minimum Gasteiger partial charge on any atom is -0.466 e. The third-order valence-electron chi connectivity index (χ3n) is 5.90. The number of methoxy groups -OCH3 is 1. The van der Waals surface area contributed by atoms with E-state index in [-0.39, 0.29) is 5.97 Å². The second-order valence-corrected chi connectivity index (χ2v) is 7.76. The zero-order valence-corrected chi connectivity index (χ0v) is 17.0. The van der Waals surface area contributed by atoms with Crippen molar-refractivity contribution in [3.8, 4) is 0 Å². The van der Waals surface area contributed by atoms with Crippen LogP contribution in [0.5, 0.6) is 0 Å². The normalized spacial score (nSPS) is 18.4. The molecule has 29 heavy (non-hydrogen) atoms. The van der Waals surface area contributed by atoms with Crippen LogP contribution in [0.4, 0.5) is 0 Å². The van der Waals surface area contributed by atoms with Crippen molar-refractivity contribution >= 4 is 12.0 Å². The predicted octanol–water partition coefficient (Wildman–Crippen LogP) is 6.04. The molecule has 0 aromatic heterocycles. The van der Waals surface area contributed by atoms with Gasteiger partial charge in [0.05, 0.1) is 7.11 Å². The molecular formula is C27H26O2. The van der Waals surface area contributed by atoms with Crippen LogP contribution in [0.15, 0.2) is 78.9 Å². The number of aryl methyl sites for hydroxylation is 2. The highest BCUT2D eigenvalue weighted by atomic mass is 16.5. The van der Waals surface area contributed by atoms with Crippen LogP contribution in [0.2, 0.25) is 0 Å². The van der Waals surface area contributed by atoms with Gasteiger partial charge in [-0.15, -0.1) is 0 Å². The van der Waals surface area contributed by atoms with Gasteiger partial charge in [0.15, 0.2) is 0 Å². The largest absolute Gasteiger partial charge is 0.466 e. The van der Waals surface area contributed by atoms with E-state index in [2.05, 4.69) is 84.5 Å². The third kappa shape index (κ3) is 4.17. The molecule has 0 radical (unpaired) electrons. The Labute approximate surface area is 172 Å². The zero-order valence-electron chi connectivity index (χ0n) is 17.0. The van der Waals surface area contributed by atoms with Crippen molar-refractivity contribution in [2.24, 2.45) is 0 Å². The van der Waals surface area contributed by atoms with E-state index >= 15 is 0 Å². The molecule has 0 aliphatic heterocycles. The quantitative estimate of drug-likeness (QED) is 0.406. The van der Waals surface area contributed by atoms with Gasteiger partial charge in [0, 0.05) is 12.0 Å². The first kappa shape index (κ1) is 19.2. The highest BCUT2D eigenvalue weighted by molar-refractivity contribution is 5.86. The van der Waals surface area contributed by atoms with Gasteiger partial charge in [-0.3, -0.25) is 0 Å². The summed E-state index contributed by atoms with van der Waals surface area (Å²) >= 11 is 0. The maximum absolute atomic E-state index is 11.4. The molecule has 4 rings (SSSR count). The molecule has 3 aromatic carbocycles. The number of carbonyl (C=O) groups excluding carboxylic acids is 1. The van der Waals surface area contributed by atoms with Crippen LogP contribution in [0.1, 0.15) is 51.6 Å². The van der Waals surface area contributed by atoms with Crippen LogP contribution in [0.25, 0.3) is 6.08 Å². The fourth-order valence-corrected chi connectivity index (χ4v) is 4.47. The molecule has 2 atom stereocenters. The van der Waals surface area contributed by atoms with Crippen molar-refractivity contribution in [1.29, 1.82) is 0 Å². The standard InChI is InChI=1S/C27H26O2/c1-19-8-15-25-23(18-19)14-16-24(21-6-4-3-5-7-21)27(25)22-12-9-20(10-13-22)11-17-26(28)29-2/h3-13,15,17-18,24,27H,14,16H2,1-2H3/b17-11+. The molecule has 0 saturated carbocycles. The fraction of sp³-hybridized carbons (Fsp3) is 0.222. The van der Waals surface area contributed by atoms with E-state index in [0.717, 1.165) is 18.4 Å². The molecule has 0 fully saturated rings. The molecule has 3 aromatic rings. The summed E-state index contributed by atoms with van der Waals surface area (Å²) in [6.45, 7) is 2.17. The molecule has 2 heteroatoms. The first-order valence-corrected chi connectivity index (χ1v) is 10.2. The molecule has 0 bridgehead atoms. The van der Waals surface area contributed by atoms with Gasteiger partial charge in [-0.05, 0) is 59.6 Å². The van der Waals surface area contributed by atoms with Crippen molar-refractivity contribution in [1.82, 2.24) is 0 Å². The number of hydrogen-bond acceptors (Lipinski definition) is 2. The highest BCUT2D eigenvalue weighted by Gasteiger charge is 2.31. The van der Waals surface area contributed by atoms with Gasteiger partial charge >= 0.3 is 5.97 Å². The molecule has 1 aliphatic carbocycles. The summed E-state index contributed by atoms with van der Waals surface area (Å²) < 4.78 is 4.68. The summed E-state index contributed by atoms with van der Waals surface area (Å²) in [5.74, 6) is 0.457. The second-order valence-electron chi connectivity index (χ2n) is 7.76. The maximum Gasteiger partial charge on any atom is 0.330 e. The van der Waals surface area contributed by atoms with Gasteiger partial charge in [0.2, 0.25) is 0 Å². The Morgan fingerprint density at radius 1 is 0.966 bits per heavy atom. The van der Waals surface area contributed by atoms with Crippen LogP contribution >= 0.6 is 0 Å². The Morgan fingerprint density at radius 2 is 1.72 bits per heavy atom. The van der Waals surface area contributed by atoms with Crippen molar-refractivity contribution < 1.29 is 9.53 Å². The fourth-order valence-electron chi connectivity index (χ4n) is 4.47. The lowest BCUT2D eigenvalue weighted by Crippen LogP contribution is -2.20. The number of ether oxygens (including phenoxy) is 1. The van der Waals surface area contributed by atoms with Crippen molar-refractivity contribution in [3.05, 3.63) is 112 Å². The van der Waals surface area contributed by atoms with Crippen LogP contribution in [-0.2, 0) is 16.0 Å². The summed E-state index contributed by atoms with van der Waals surface area (Å²) in [6.07, 6.45) is 5.52. The maximum atomic E-state index is 11.4. The van der Waals surface area contributed by atoms with Crippen LogP contribution in [-0.4, -0.2) is 13.1 Å². The smallest absolute Gasteiger partial charge is 0.330 e. The number of benzene rings is 3. The SMILES string of the molecule is COC(=O)/C=C/c1ccc(C2c3ccc(C)cc3CCC2c2ccccc2)cc1. The monoisotopic (exact) mass is 382 g/mol. The molecule has 0 amide bonds. The molecule has 0 spiro atoms. The Morgan fingerprint density at radius 3 is 2.45 bits per heavy atom. The van der Waals surface area contributed by atoms with Crippen LogP contribution in [0, 0.1) is 6.92 Å². The Kier molecular flexibility index (Phi) is 5.62. The van der Waals surface area contributed by atoms with Gasteiger partial charge in [-0.1, -0.05) is 78.4 Å². The molecule has 1 aliphatic rings. The Hall–Kier alpha value is -3.13. The van der Waals surface area contributed by atoms with Crippen molar-refractivity contribution in [3.63, 3.8) is 0 Å². The van der Waals surface area contributed by atoms with E-state index in [4.69, 9.17) is 0 Å². The molecule has 0 heterocycles. The number of carbonyl (C=O) groups is 1. The van der Waals surface area contributed by atoms with E-state index < -0.39 is 0 Å². The lowest BCUT2D eigenvalue weighted by molar-refractivity contribution is -0.134. The van der Waals surface area contributed by atoms with E-state index in [0.29, 0.717) is 11.8 Å². The minimum atomic E-state index is -0.338. The van der Waals surface area contributed by atoms with Crippen molar-refractivity contribution in [2.45, 2.75) is 31.6 Å². The van der Waals surface area contributed by atoms with Gasteiger partial charge in [0.1, 0.15) is 0 Å². The summed E-state index contributed by atoms with van der Waals surface area (Å²) in [5.41, 5.74) is 7.95. The van der Waals surface area contributed by atoms with Gasteiger partial charge in [0.25, 0.3) is 0 Å². The molecule has 2 nitrogen and oxygen atoms in total. The summed E-state index contributed by atoms with van der Waals surface area (Å²) in [6, 6.07) is 26.3. The lowest BCUT2D eigenvalue weighted by Gasteiger charge is -2.35. The second kappa shape index (κ2) is 8.48. The molecular weight excluding hydrogens is 356 g/mol. The lowest BCUT2D eigenvalue weighted by atomic mass is 9.69. The molecule has 2 unspecified atom stereocenters. The van der Waals surface area contributed by atoms with Gasteiger partial charge < -0.3 is 4.74 Å². The average molecular weight is 383 g/mol. The van der Waals surface area contributed by atoms with E-state index in [1.54, 1.807) is 6.08 Å². The first-order valence-electron chi connectivity index (χ1n) is 10.2. The topological polar surface area (TPSA) is 26.3 Å². The molecule has 0 N–H and O–H groups in total. The van der Waals surface area contributed by atoms with Crippen molar-refractivity contribution in [2.75, 3.05) is 7.11 Å². The Bertz CT molecular complexity index is 1020. The Balaban J connectivity index is 1.73. The first-order chi connectivity index (χ1) is 14.2. The zero-order chi connectivity index (χ0) is 20.2. The third-order valence-corrected chi connectivity index (χ3v) is 5.90. The average Bonchev–Trinajstić information content (AvgIpc) is 2.77. The van der Waals surface area contributed by atoms with E-state index in [9.17, 15) is 4.79 Å². The molecule has 146 valence electrons. The number of rotatable bonds is 4. The number of fused-ring (bicyclic) bond motifs is 1. The van der Waals surface area contributed by atoms with Crippen LogP contribution in [0.3, 0.4) is 0 Å². The predicted molar refractivity (Wildman–Crippen MR) is 118 cm³/mol. The van der Waals surface area contributed by atoms with E-state index in [1.165, 1.54) is 41.0 Å². The summed E-state index contributed by atoms with van der Waals surface area (Å²) in [4.78, 5) is 11.4. The van der Waals surface area contributed by atoms with Gasteiger partial charge in [-0.2, -0.15) is 0 Å².